The Morgan fingerprint density at radius 1 is 0.958 bits per heavy atom. The molecule has 122 valence electrons. The van der Waals surface area contributed by atoms with Gasteiger partial charge in [-0.2, -0.15) is 0 Å². The Kier molecular flexibility index (Phi) is 4.29. The van der Waals surface area contributed by atoms with Crippen molar-refractivity contribution in [2.75, 3.05) is 0 Å². The number of hydrogen-bond donors (Lipinski definition) is 0. The fourth-order valence-corrected chi connectivity index (χ4v) is 2.58. The highest BCUT2D eigenvalue weighted by Gasteiger charge is 2.15. The number of carbonyl (C=O) groups is 1. The Bertz CT molecular complexity index is 1000. The fourth-order valence-electron chi connectivity index (χ4n) is 2.58. The van der Waals surface area contributed by atoms with Crippen LogP contribution < -0.4 is 16.0 Å². The van der Waals surface area contributed by atoms with Crippen molar-refractivity contribution in [1.82, 2.24) is 9.13 Å². The number of esters is 1. The number of aromatic nitrogens is 2. The van der Waals surface area contributed by atoms with Crippen molar-refractivity contribution in [3.8, 4) is 5.75 Å². The molecule has 0 saturated carbocycles. The molecular weight excluding hydrogens is 308 g/mol. The maximum absolute atomic E-state index is 12.5. The van der Waals surface area contributed by atoms with E-state index in [-0.39, 0.29) is 18.6 Å². The van der Waals surface area contributed by atoms with E-state index >= 15 is 0 Å². The van der Waals surface area contributed by atoms with Gasteiger partial charge in [-0.25, -0.2) is 9.59 Å². The van der Waals surface area contributed by atoms with Crippen LogP contribution in [0.25, 0.3) is 10.9 Å². The van der Waals surface area contributed by atoms with Gasteiger partial charge in [-0.05, 0) is 31.2 Å². The third-order valence-electron chi connectivity index (χ3n) is 3.71. The maximum Gasteiger partial charge on any atom is 0.332 e. The Morgan fingerprint density at radius 2 is 1.62 bits per heavy atom. The van der Waals surface area contributed by atoms with Gasteiger partial charge in [0.05, 0.1) is 10.9 Å². The average Bonchev–Trinajstić information content (AvgIpc) is 2.60. The van der Waals surface area contributed by atoms with Crippen LogP contribution in [0, 0.1) is 0 Å². The lowest BCUT2D eigenvalue weighted by atomic mass is 10.2. The molecule has 6 heteroatoms. The zero-order valence-corrected chi connectivity index (χ0v) is 13.1. The van der Waals surface area contributed by atoms with E-state index in [2.05, 4.69) is 0 Å². The molecule has 0 aliphatic rings. The number of para-hydroxylation sites is 2. The van der Waals surface area contributed by atoms with Crippen LogP contribution in [0.3, 0.4) is 0 Å². The number of ether oxygens (including phenoxy) is 1. The van der Waals surface area contributed by atoms with E-state index in [9.17, 15) is 14.4 Å². The van der Waals surface area contributed by atoms with Crippen molar-refractivity contribution in [3.05, 3.63) is 75.4 Å². The number of rotatable bonds is 4. The van der Waals surface area contributed by atoms with Gasteiger partial charge in [0, 0.05) is 6.54 Å². The van der Waals surface area contributed by atoms with Crippen molar-refractivity contribution in [3.63, 3.8) is 0 Å². The van der Waals surface area contributed by atoms with Crippen LogP contribution in [0.1, 0.15) is 6.92 Å². The fraction of sp³-hybridized carbons (Fsp3) is 0.167. The summed E-state index contributed by atoms with van der Waals surface area (Å²) >= 11 is 0. The zero-order chi connectivity index (χ0) is 17.1. The molecule has 3 aromatic rings. The normalized spacial score (nSPS) is 10.7. The SMILES string of the molecule is CCn1c(=O)c2ccccc2n(CC(=O)Oc2ccccc2)c1=O. The van der Waals surface area contributed by atoms with E-state index in [0.717, 1.165) is 4.57 Å². The number of carbonyl (C=O) groups excluding carboxylic acids is 1. The molecule has 3 rings (SSSR count). The molecule has 0 atom stereocenters. The lowest BCUT2D eigenvalue weighted by molar-refractivity contribution is -0.135. The topological polar surface area (TPSA) is 70.3 Å². The van der Waals surface area contributed by atoms with E-state index in [1.165, 1.54) is 4.57 Å². The lowest BCUT2D eigenvalue weighted by Gasteiger charge is -2.12. The lowest BCUT2D eigenvalue weighted by Crippen LogP contribution is -2.41. The molecule has 0 unspecified atom stereocenters. The molecule has 0 aliphatic carbocycles. The first kappa shape index (κ1) is 15.7. The summed E-state index contributed by atoms with van der Waals surface area (Å²) in [6, 6.07) is 15.4. The molecule has 0 amide bonds. The first-order valence-electron chi connectivity index (χ1n) is 7.60. The second-order valence-electron chi connectivity index (χ2n) is 5.22. The third kappa shape index (κ3) is 2.86. The highest BCUT2D eigenvalue weighted by molar-refractivity contribution is 5.80. The third-order valence-corrected chi connectivity index (χ3v) is 3.71. The number of fused-ring (bicyclic) bond motifs is 1. The summed E-state index contributed by atoms with van der Waals surface area (Å²) < 4.78 is 7.62. The van der Waals surface area contributed by atoms with Gasteiger partial charge in [0.15, 0.2) is 0 Å². The molecule has 0 bridgehead atoms. The van der Waals surface area contributed by atoms with Gasteiger partial charge in [0.2, 0.25) is 0 Å². The van der Waals surface area contributed by atoms with Gasteiger partial charge < -0.3 is 4.74 Å². The molecule has 1 heterocycles. The number of benzene rings is 2. The highest BCUT2D eigenvalue weighted by Crippen LogP contribution is 2.11. The van der Waals surface area contributed by atoms with Gasteiger partial charge in [-0.15, -0.1) is 0 Å². The first-order valence-corrected chi connectivity index (χ1v) is 7.60. The maximum atomic E-state index is 12.5. The second kappa shape index (κ2) is 6.54. The summed E-state index contributed by atoms with van der Waals surface area (Å²) in [6.07, 6.45) is 0. The molecule has 0 fully saturated rings. The van der Waals surface area contributed by atoms with Gasteiger partial charge in [0.25, 0.3) is 5.56 Å². The van der Waals surface area contributed by atoms with Crippen molar-refractivity contribution >= 4 is 16.9 Å². The Hall–Kier alpha value is -3.15. The monoisotopic (exact) mass is 324 g/mol. The first-order chi connectivity index (χ1) is 11.6. The molecule has 0 saturated heterocycles. The zero-order valence-electron chi connectivity index (χ0n) is 13.1. The quantitative estimate of drug-likeness (QED) is 0.542. The van der Waals surface area contributed by atoms with Crippen molar-refractivity contribution < 1.29 is 9.53 Å². The highest BCUT2D eigenvalue weighted by atomic mass is 16.5. The van der Waals surface area contributed by atoms with Crippen LogP contribution in [-0.2, 0) is 17.9 Å². The molecule has 0 N–H and O–H groups in total. The van der Waals surface area contributed by atoms with E-state index in [4.69, 9.17) is 4.74 Å². The molecule has 0 aliphatic heterocycles. The van der Waals surface area contributed by atoms with Gasteiger partial charge in [-0.3, -0.25) is 13.9 Å². The smallest absolute Gasteiger partial charge is 0.332 e. The van der Waals surface area contributed by atoms with Gasteiger partial charge in [-0.1, -0.05) is 30.3 Å². The summed E-state index contributed by atoms with van der Waals surface area (Å²) in [6.45, 7) is 1.68. The Morgan fingerprint density at radius 3 is 2.33 bits per heavy atom. The summed E-state index contributed by atoms with van der Waals surface area (Å²) in [5, 5.41) is 0.395. The van der Waals surface area contributed by atoms with Gasteiger partial charge in [0.1, 0.15) is 12.3 Å². The Labute approximate surface area is 137 Å². The molecule has 6 nitrogen and oxygen atoms in total. The molecule has 24 heavy (non-hydrogen) atoms. The van der Waals surface area contributed by atoms with Crippen LogP contribution in [-0.4, -0.2) is 15.1 Å². The number of hydrogen-bond acceptors (Lipinski definition) is 4. The van der Waals surface area contributed by atoms with Crippen LogP contribution >= 0.6 is 0 Å². The summed E-state index contributed by atoms with van der Waals surface area (Å²) in [5.74, 6) is -0.168. The standard InChI is InChI=1S/C18H16N2O4/c1-2-19-17(22)14-10-6-7-11-15(14)20(18(19)23)12-16(21)24-13-8-4-3-5-9-13/h3-11H,2,12H2,1H3. The molecular formula is C18H16N2O4. The largest absolute Gasteiger partial charge is 0.425 e. The van der Waals surface area contributed by atoms with E-state index in [1.807, 2.05) is 6.07 Å². The van der Waals surface area contributed by atoms with Gasteiger partial charge >= 0.3 is 11.7 Å². The minimum atomic E-state index is -0.574. The summed E-state index contributed by atoms with van der Waals surface area (Å²) in [7, 11) is 0. The van der Waals surface area contributed by atoms with Crippen LogP contribution in [0.2, 0.25) is 0 Å². The van der Waals surface area contributed by atoms with Crippen LogP contribution in [0.15, 0.2) is 64.2 Å². The van der Waals surface area contributed by atoms with E-state index in [1.54, 1.807) is 55.5 Å². The van der Waals surface area contributed by atoms with E-state index < -0.39 is 11.7 Å². The van der Waals surface area contributed by atoms with E-state index in [0.29, 0.717) is 16.7 Å². The number of nitrogens with zero attached hydrogens (tertiary/aromatic N) is 2. The molecule has 0 radical (unpaired) electrons. The van der Waals surface area contributed by atoms with Crippen molar-refractivity contribution in [2.45, 2.75) is 20.0 Å². The molecule has 1 aromatic heterocycles. The van der Waals surface area contributed by atoms with Crippen molar-refractivity contribution in [1.29, 1.82) is 0 Å². The summed E-state index contributed by atoms with van der Waals surface area (Å²) in [4.78, 5) is 37.1. The Balaban J connectivity index is 2.04. The van der Waals surface area contributed by atoms with Crippen LogP contribution in [0.4, 0.5) is 0 Å². The molecule has 0 spiro atoms. The second-order valence-corrected chi connectivity index (χ2v) is 5.22. The minimum absolute atomic E-state index is 0.232. The summed E-state index contributed by atoms with van der Waals surface area (Å²) in [5.41, 5.74) is -0.459. The van der Waals surface area contributed by atoms with Crippen molar-refractivity contribution in [2.24, 2.45) is 0 Å². The average molecular weight is 324 g/mol. The predicted octanol–water partition coefficient (Wildman–Crippen LogP) is 1.79. The predicted molar refractivity (Wildman–Crippen MR) is 90.2 cm³/mol. The minimum Gasteiger partial charge on any atom is -0.425 e. The molecule has 2 aromatic carbocycles. The van der Waals surface area contributed by atoms with Crippen LogP contribution in [0.5, 0.6) is 5.75 Å².